The Morgan fingerprint density at radius 2 is 2.11 bits per heavy atom. The van der Waals surface area contributed by atoms with Gasteiger partial charge in [-0.2, -0.15) is 0 Å². The maximum atomic E-state index is 12.8. The summed E-state index contributed by atoms with van der Waals surface area (Å²) in [6.07, 6.45) is 3.44. The van der Waals surface area contributed by atoms with E-state index in [2.05, 4.69) is 0 Å². The molecule has 2 heterocycles. The predicted molar refractivity (Wildman–Crippen MR) is 72.8 cm³/mol. The Bertz CT molecular complexity index is 521. The number of ether oxygens (including phenoxy) is 2. The number of aryl methyl sites for hydroxylation is 2. The van der Waals surface area contributed by atoms with Crippen LogP contribution >= 0.6 is 0 Å². The zero-order valence-electron chi connectivity index (χ0n) is 11.7. The summed E-state index contributed by atoms with van der Waals surface area (Å²) in [6, 6.07) is 3.98. The Morgan fingerprint density at radius 3 is 2.68 bits per heavy atom. The van der Waals surface area contributed by atoms with Crippen molar-refractivity contribution in [3.63, 3.8) is 0 Å². The third kappa shape index (κ3) is 2.06. The maximum absolute atomic E-state index is 12.8. The Morgan fingerprint density at radius 1 is 1.32 bits per heavy atom. The maximum Gasteiger partial charge on any atom is 0.172 e. The summed E-state index contributed by atoms with van der Waals surface area (Å²) in [5, 5.41) is 0. The summed E-state index contributed by atoms with van der Waals surface area (Å²) >= 11 is 0. The highest BCUT2D eigenvalue weighted by atomic mass is 16.5. The zero-order chi connectivity index (χ0) is 13.6. The van der Waals surface area contributed by atoms with Crippen LogP contribution in [0.15, 0.2) is 12.1 Å². The molecule has 0 amide bonds. The fraction of sp³-hybridized carbons (Fsp3) is 0.562. The van der Waals surface area contributed by atoms with Crippen LogP contribution < -0.4 is 4.74 Å². The molecule has 102 valence electrons. The molecule has 0 aliphatic carbocycles. The fourth-order valence-electron chi connectivity index (χ4n) is 3.50. The van der Waals surface area contributed by atoms with Crippen molar-refractivity contribution >= 4 is 5.78 Å². The Balaban J connectivity index is 1.95. The molecule has 2 aliphatic heterocycles. The molecule has 1 aromatic carbocycles. The van der Waals surface area contributed by atoms with Crippen LogP contribution in [0.3, 0.4) is 0 Å². The van der Waals surface area contributed by atoms with Crippen molar-refractivity contribution in [2.75, 3.05) is 7.11 Å². The Hall–Kier alpha value is -1.35. The lowest BCUT2D eigenvalue weighted by atomic mass is 9.82. The summed E-state index contributed by atoms with van der Waals surface area (Å²) in [5.41, 5.74) is 2.87. The second kappa shape index (κ2) is 4.64. The van der Waals surface area contributed by atoms with Gasteiger partial charge in [-0.3, -0.25) is 4.79 Å². The second-order valence-electron chi connectivity index (χ2n) is 5.74. The molecule has 0 N–H and O–H groups in total. The smallest absolute Gasteiger partial charge is 0.172 e. The van der Waals surface area contributed by atoms with Gasteiger partial charge in [-0.05, 0) is 50.3 Å². The molecular formula is C16H20O3. The quantitative estimate of drug-likeness (QED) is 0.783. The standard InChI is InChI=1S/C16H20O3/c1-9-6-10(2)15(14(7-9)18-3)16(17)12-8-11-4-5-13(12)19-11/h6-7,11-13H,4-5,8H2,1-3H3. The summed E-state index contributed by atoms with van der Waals surface area (Å²) < 4.78 is 11.2. The number of hydrogen-bond donors (Lipinski definition) is 0. The first kappa shape index (κ1) is 12.7. The van der Waals surface area contributed by atoms with E-state index in [-0.39, 0.29) is 17.8 Å². The molecule has 2 aliphatic rings. The minimum Gasteiger partial charge on any atom is -0.496 e. The minimum absolute atomic E-state index is 0.0223. The van der Waals surface area contributed by atoms with Gasteiger partial charge in [0.05, 0.1) is 30.8 Å². The van der Waals surface area contributed by atoms with Gasteiger partial charge in [-0.15, -0.1) is 0 Å². The minimum atomic E-state index is 0.0223. The first-order valence-corrected chi connectivity index (χ1v) is 6.95. The average Bonchev–Trinajstić information content (AvgIpc) is 2.99. The predicted octanol–water partition coefficient (Wildman–Crippen LogP) is 3.06. The Labute approximate surface area is 113 Å². The van der Waals surface area contributed by atoms with Crippen molar-refractivity contribution in [2.24, 2.45) is 5.92 Å². The topological polar surface area (TPSA) is 35.5 Å². The van der Waals surface area contributed by atoms with Gasteiger partial charge in [0.1, 0.15) is 5.75 Å². The normalized spacial score (nSPS) is 28.7. The number of hydrogen-bond acceptors (Lipinski definition) is 3. The third-order valence-corrected chi connectivity index (χ3v) is 4.35. The van der Waals surface area contributed by atoms with Crippen LogP contribution in [-0.4, -0.2) is 25.1 Å². The van der Waals surface area contributed by atoms with Crippen LogP contribution in [-0.2, 0) is 4.74 Å². The van der Waals surface area contributed by atoms with E-state index in [9.17, 15) is 4.79 Å². The molecule has 3 atom stereocenters. The first-order valence-electron chi connectivity index (χ1n) is 6.95. The molecule has 3 unspecified atom stereocenters. The SMILES string of the molecule is COc1cc(C)cc(C)c1C(=O)C1CC2CCC1O2. The summed E-state index contributed by atoms with van der Waals surface area (Å²) in [6.45, 7) is 4.00. The molecule has 0 spiro atoms. The van der Waals surface area contributed by atoms with Gasteiger partial charge in [-0.1, -0.05) is 6.07 Å². The van der Waals surface area contributed by atoms with Crippen molar-refractivity contribution in [1.29, 1.82) is 0 Å². The van der Waals surface area contributed by atoms with E-state index in [1.165, 1.54) is 0 Å². The first-order chi connectivity index (χ1) is 9.10. The van der Waals surface area contributed by atoms with Crippen molar-refractivity contribution < 1.29 is 14.3 Å². The van der Waals surface area contributed by atoms with Crippen LogP contribution in [0.4, 0.5) is 0 Å². The zero-order valence-corrected chi connectivity index (χ0v) is 11.7. The molecule has 0 radical (unpaired) electrons. The van der Waals surface area contributed by atoms with Gasteiger partial charge in [0.15, 0.2) is 5.78 Å². The van der Waals surface area contributed by atoms with Gasteiger partial charge < -0.3 is 9.47 Å². The molecule has 3 rings (SSSR count). The molecule has 2 bridgehead atoms. The molecular weight excluding hydrogens is 240 g/mol. The van der Waals surface area contributed by atoms with Crippen LogP contribution in [0.2, 0.25) is 0 Å². The van der Waals surface area contributed by atoms with E-state index in [4.69, 9.17) is 9.47 Å². The number of fused-ring (bicyclic) bond motifs is 2. The van der Waals surface area contributed by atoms with Crippen LogP contribution in [0.1, 0.15) is 40.7 Å². The highest BCUT2D eigenvalue weighted by molar-refractivity contribution is 6.02. The van der Waals surface area contributed by atoms with Gasteiger partial charge in [0.2, 0.25) is 0 Å². The molecule has 2 saturated heterocycles. The van der Waals surface area contributed by atoms with E-state index in [1.54, 1.807) is 7.11 Å². The van der Waals surface area contributed by atoms with E-state index >= 15 is 0 Å². The molecule has 0 saturated carbocycles. The molecule has 3 nitrogen and oxygen atoms in total. The van der Waals surface area contributed by atoms with Gasteiger partial charge >= 0.3 is 0 Å². The summed E-state index contributed by atoms with van der Waals surface area (Å²) in [5.74, 6) is 0.917. The van der Waals surface area contributed by atoms with Crippen LogP contribution in [0, 0.1) is 19.8 Å². The van der Waals surface area contributed by atoms with E-state index < -0.39 is 0 Å². The van der Waals surface area contributed by atoms with Gasteiger partial charge in [-0.25, -0.2) is 0 Å². The molecule has 1 aromatic rings. The van der Waals surface area contributed by atoms with E-state index in [0.29, 0.717) is 11.9 Å². The molecule has 2 fully saturated rings. The lowest BCUT2D eigenvalue weighted by molar-refractivity contribution is 0.0741. The van der Waals surface area contributed by atoms with Crippen molar-refractivity contribution in [1.82, 2.24) is 0 Å². The van der Waals surface area contributed by atoms with Crippen LogP contribution in [0.5, 0.6) is 5.75 Å². The third-order valence-electron chi connectivity index (χ3n) is 4.35. The fourth-order valence-corrected chi connectivity index (χ4v) is 3.50. The number of Topliss-reactive ketones (excluding diaryl/α,β-unsaturated/α-hetero) is 1. The van der Waals surface area contributed by atoms with Crippen molar-refractivity contribution in [3.05, 3.63) is 28.8 Å². The van der Waals surface area contributed by atoms with Crippen LogP contribution in [0.25, 0.3) is 0 Å². The number of ketones is 1. The number of carbonyl (C=O) groups is 1. The Kier molecular flexibility index (Phi) is 3.09. The van der Waals surface area contributed by atoms with Gasteiger partial charge in [0.25, 0.3) is 0 Å². The summed E-state index contributed by atoms with van der Waals surface area (Å²) in [4.78, 5) is 12.8. The molecule has 0 aromatic heterocycles. The van der Waals surface area contributed by atoms with E-state index in [0.717, 1.165) is 36.0 Å². The lowest BCUT2D eigenvalue weighted by Gasteiger charge is -2.20. The summed E-state index contributed by atoms with van der Waals surface area (Å²) in [7, 11) is 1.63. The number of methoxy groups -OCH3 is 1. The number of rotatable bonds is 3. The largest absolute Gasteiger partial charge is 0.496 e. The lowest BCUT2D eigenvalue weighted by Crippen LogP contribution is -2.26. The second-order valence-corrected chi connectivity index (χ2v) is 5.74. The molecule has 3 heteroatoms. The molecule has 19 heavy (non-hydrogen) atoms. The highest BCUT2D eigenvalue weighted by Gasteiger charge is 2.45. The highest BCUT2D eigenvalue weighted by Crippen LogP contribution is 2.41. The van der Waals surface area contributed by atoms with Crippen molar-refractivity contribution in [2.45, 2.75) is 45.3 Å². The number of benzene rings is 1. The van der Waals surface area contributed by atoms with Gasteiger partial charge in [0, 0.05) is 0 Å². The monoisotopic (exact) mass is 260 g/mol. The number of carbonyl (C=O) groups excluding carboxylic acids is 1. The van der Waals surface area contributed by atoms with Crippen molar-refractivity contribution in [3.8, 4) is 5.75 Å². The average molecular weight is 260 g/mol. The van der Waals surface area contributed by atoms with E-state index in [1.807, 2.05) is 26.0 Å².